The van der Waals surface area contributed by atoms with Gasteiger partial charge in [-0.05, 0) is 31.4 Å². The summed E-state index contributed by atoms with van der Waals surface area (Å²) in [5, 5.41) is 5.71. The van der Waals surface area contributed by atoms with E-state index >= 15 is 0 Å². The maximum absolute atomic E-state index is 12.7. The lowest BCUT2D eigenvalue weighted by molar-refractivity contribution is -0.127. The summed E-state index contributed by atoms with van der Waals surface area (Å²) in [5.74, 6) is -0.0526. The third kappa shape index (κ3) is 2.53. The minimum atomic E-state index is -3.05. The van der Waals surface area contributed by atoms with Crippen LogP contribution in [0.1, 0.15) is 18.9 Å². The van der Waals surface area contributed by atoms with E-state index in [4.69, 9.17) is 0 Å². The van der Waals surface area contributed by atoms with Crippen LogP contribution in [0, 0.1) is 0 Å². The number of hydrogen-bond donors (Lipinski definition) is 0. The molecule has 126 valence electrons. The standard InChI is InChI=1S/C17H19N3O3S/c1-12-15(10-19-8-6-13-4-2-3-5-16(13)19)17(21)20(18-12)14-7-9-24(22,23)11-14/h2-5,10,14H,6-9,11H2,1H3/b15-10-/t14-/m0/s1. The van der Waals surface area contributed by atoms with Gasteiger partial charge in [0.1, 0.15) is 0 Å². The van der Waals surface area contributed by atoms with Gasteiger partial charge in [-0.25, -0.2) is 13.4 Å². The zero-order valence-electron chi connectivity index (χ0n) is 13.5. The molecule has 0 bridgehead atoms. The molecule has 0 saturated carbocycles. The highest BCUT2D eigenvalue weighted by molar-refractivity contribution is 7.91. The van der Waals surface area contributed by atoms with Crippen molar-refractivity contribution in [2.45, 2.75) is 25.8 Å². The molecule has 0 aromatic heterocycles. The SMILES string of the molecule is CC1=NN([C@H]2CCS(=O)(=O)C2)C(=O)/C1=C\N1CCc2ccccc21. The molecule has 0 spiro atoms. The van der Waals surface area contributed by atoms with Crippen molar-refractivity contribution < 1.29 is 13.2 Å². The fourth-order valence-corrected chi connectivity index (χ4v) is 5.25. The van der Waals surface area contributed by atoms with Gasteiger partial charge in [-0.1, -0.05) is 18.2 Å². The van der Waals surface area contributed by atoms with Crippen LogP contribution in [0.4, 0.5) is 5.69 Å². The first kappa shape index (κ1) is 15.4. The summed E-state index contributed by atoms with van der Waals surface area (Å²) in [5.41, 5.74) is 3.59. The van der Waals surface area contributed by atoms with E-state index in [2.05, 4.69) is 16.1 Å². The number of hydrazone groups is 1. The van der Waals surface area contributed by atoms with Crippen molar-refractivity contribution in [2.75, 3.05) is 23.0 Å². The largest absolute Gasteiger partial charge is 0.347 e. The molecule has 0 unspecified atom stereocenters. The fraction of sp³-hybridized carbons (Fsp3) is 0.412. The second kappa shape index (κ2) is 5.44. The molecule has 0 radical (unpaired) electrons. The first-order valence-corrected chi connectivity index (χ1v) is 9.93. The number of fused-ring (bicyclic) bond motifs is 1. The molecule has 4 rings (SSSR count). The highest BCUT2D eigenvalue weighted by Gasteiger charge is 2.39. The monoisotopic (exact) mass is 345 g/mol. The van der Waals surface area contributed by atoms with E-state index in [0.29, 0.717) is 17.7 Å². The van der Waals surface area contributed by atoms with Crippen LogP contribution < -0.4 is 4.90 Å². The molecule has 7 heteroatoms. The Bertz CT molecular complexity index is 873. The minimum Gasteiger partial charge on any atom is -0.347 e. The number of carbonyl (C=O) groups excluding carboxylic acids is 1. The number of carbonyl (C=O) groups is 1. The van der Waals surface area contributed by atoms with Crippen LogP contribution in [0.25, 0.3) is 0 Å². The average Bonchev–Trinajstić information content (AvgIpc) is 3.19. The van der Waals surface area contributed by atoms with Crippen molar-refractivity contribution in [1.29, 1.82) is 0 Å². The molecule has 1 aromatic carbocycles. The molecule has 1 fully saturated rings. The average molecular weight is 345 g/mol. The fourth-order valence-electron chi connectivity index (χ4n) is 3.56. The molecule has 6 nitrogen and oxygen atoms in total. The number of amides is 1. The van der Waals surface area contributed by atoms with Gasteiger partial charge in [0.05, 0.1) is 28.8 Å². The summed E-state index contributed by atoms with van der Waals surface area (Å²) in [6, 6.07) is 7.82. The van der Waals surface area contributed by atoms with Gasteiger partial charge in [0, 0.05) is 18.4 Å². The lowest BCUT2D eigenvalue weighted by Crippen LogP contribution is -2.34. The topological polar surface area (TPSA) is 70.0 Å². The van der Waals surface area contributed by atoms with Crippen LogP contribution >= 0.6 is 0 Å². The predicted octanol–water partition coefficient (Wildman–Crippen LogP) is 1.34. The van der Waals surface area contributed by atoms with Crippen molar-refractivity contribution >= 4 is 27.1 Å². The first-order chi connectivity index (χ1) is 11.4. The highest BCUT2D eigenvalue weighted by Crippen LogP contribution is 2.30. The summed E-state index contributed by atoms with van der Waals surface area (Å²) in [6.45, 7) is 2.64. The summed E-state index contributed by atoms with van der Waals surface area (Å²) in [6.07, 6.45) is 3.27. The van der Waals surface area contributed by atoms with Crippen LogP contribution in [-0.2, 0) is 21.1 Å². The van der Waals surface area contributed by atoms with E-state index in [1.165, 1.54) is 10.6 Å². The summed E-state index contributed by atoms with van der Waals surface area (Å²) >= 11 is 0. The third-order valence-corrected chi connectivity index (χ3v) is 6.60. The minimum absolute atomic E-state index is 0.00927. The van der Waals surface area contributed by atoms with Crippen LogP contribution in [0.3, 0.4) is 0 Å². The lowest BCUT2D eigenvalue weighted by atomic mass is 10.1. The highest BCUT2D eigenvalue weighted by atomic mass is 32.2. The number of anilines is 1. The van der Waals surface area contributed by atoms with Crippen LogP contribution in [-0.4, -0.2) is 49.1 Å². The Morgan fingerprint density at radius 3 is 2.83 bits per heavy atom. The molecule has 24 heavy (non-hydrogen) atoms. The quantitative estimate of drug-likeness (QED) is 0.759. The number of hydrogen-bond acceptors (Lipinski definition) is 5. The number of rotatable bonds is 2. The molecule has 1 aromatic rings. The van der Waals surface area contributed by atoms with Gasteiger partial charge >= 0.3 is 0 Å². The number of sulfone groups is 1. The maximum Gasteiger partial charge on any atom is 0.277 e. The molecule has 3 aliphatic rings. The molecule has 1 atom stereocenters. The van der Waals surface area contributed by atoms with Crippen molar-refractivity contribution in [1.82, 2.24) is 5.01 Å². The van der Waals surface area contributed by atoms with Gasteiger partial charge in [-0.3, -0.25) is 4.79 Å². The van der Waals surface area contributed by atoms with E-state index in [9.17, 15) is 13.2 Å². The van der Waals surface area contributed by atoms with Gasteiger partial charge in [0.2, 0.25) is 0 Å². The predicted molar refractivity (Wildman–Crippen MR) is 92.6 cm³/mol. The Balaban J connectivity index is 1.60. The normalized spacial score (nSPS) is 27.0. The van der Waals surface area contributed by atoms with Crippen LogP contribution in [0.15, 0.2) is 41.1 Å². The number of nitrogens with zero attached hydrogens (tertiary/aromatic N) is 3. The first-order valence-electron chi connectivity index (χ1n) is 8.10. The van der Waals surface area contributed by atoms with Gasteiger partial charge in [0.25, 0.3) is 5.91 Å². The van der Waals surface area contributed by atoms with E-state index in [1.54, 1.807) is 6.92 Å². The summed E-state index contributed by atoms with van der Waals surface area (Å²) in [4.78, 5) is 14.8. The van der Waals surface area contributed by atoms with Gasteiger partial charge in [-0.15, -0.1) is 0 Å². The Morgan fingerprint density at radius 1 is 1.29 bits per heavy atom. The molecule has 1 amide bonds. The van der Waals surface area contributed by atoms with Gasteiger partial charge in [0.15, 0.2) is 9.84 Å². The Morgan fingerprint density at radius 2 is 2.08 bits per heavy atom. The second-order valence-corrected chi connectivity index (χ2v) is 8.74. The van der Waals surface area contributed by atoms with Crippen molar-refractivity contribution in [3.05, 3.63) is 41.6 Å². The smallest absolute Gasteiger partial charge is 0.277 e. The molecular formula is C17H19N3O3S. The molecular weight excluding hydrogens is 326 g/mol. The Kier molecular flexibility index (Phi) is 3.49. The van der Waals surface area contributed by atoms with Crippen LogP contribution in [0.2, 0.25) is 0 Å². The third-order valence-electron chi connectivity index (χ3n) is 4.85. The Hall–Kier alpha value is -2.15. The molecule has 0 aliphatic carbocycles. The van der Waals surface area contributed by atoms with Gasteiger partial charge in [-0.2, -0.15) is 5.10 Å². The van der Waals surface area contributed by atoms with E-state index < -0.39 is 9.84 Å². The summed E-state index contributed by atoms with van der Waals surface area (Å²) < 4.78 is 23.3. The van der Waals surface area contributed by atoms with E-state index in [1.807, 2.05) is 24.4 Å². The zero-order valence-corrected chi connectivity index (χ0v) is 14.3. The van der Waals surface area contributed by atoms with Crippen LogP contribution in [0.5, 0.6) is 0 Å². The molecule has 3 aliphatic heterocycles. The number of para-hydroxylation sites is 1. The molecule has 0 N–H and O–H groups in total. The second-order valence-electron chi connectivity index (χ2n) is 6.51. The van der Waals surface area contributed by atoms with E-state index in [0.717, 1.165) is 18.7 Å². The molecule has 3 heterocycles. The zero-order chi connectivity index (χ0) is 16.9. The van der Waals surface area contributed by atoms with Crippen molar-refractivity contribution in [3.8, 4) is 0 Å². The maximum atomic E-state index is 12.7. The van der Waals surface area contributed by atoms with E-state index in [-0.39, 0.29) is 23.5 Å². The Labute approximate surface area is 141 Å². The van der Waals surface area contributed by atoms with Crippen molar-refractivity contribution in [3.63, 3.8) is 0 Å². The summed E-state index contributed by atoms with van der Waals surface area (Å²) in [7, 11) is -3.05. The van der Waals surface area contributed by atoms with Crippen molar-refractivity contribution in [2.24, 2.45) is 5.10 Å². The van der Waals surface area contributed by atoms with Gasteiger partial charge < -0.3 is 4.90 Å². The lowest BCUT2D eigenvalue weighted by Gasteiger charge is -2.19. The molecule has 1 saturated heterocycles. The number of benzene rings is 1.